The lowest BCUT2D eigenvalue weighted by Crippen LogP contribution is -2.38. The summed E-state index contributed by atoms with van der Waals surface area (Å²) in [5, 5.41) is 0. The Bertz CT molecular complexity index is 550. The lowest BCUT2D eigenvalue weighted by atomic mass is 9.95. The van der Waals surface area contributed by atoms with Crippen molar-refractivity contribution >= 4 is 0 Å². The van der Waals surface area contributed by atoms with Crippen molar-refractivity contribution in [1.82, 2.24) is 9.55 Å². The fourth-order valence-electron chi connectivity index (χ4n) is 3.16. The third-order valence-electron chi connectivity index (χ3n) is 4.16. The van der Waals surface area contributed by atoms with Crippen LogP contribution in [0.15, 0.2) is 9.59 Å². The lowest BCUT2D eigenvalue weighted by molar-refractivity contribution is 0.336. The van der Waals surface area contributed by atoms with Crippen LogP contribution in [0.1, 0.15) is 68.7 Å². The summed E-state index contributed by atoms with van der Waals surface area (Å²) in [6.07, 6.45) is 6.34. The Labute approximate surface area is 99.7 Å². The molecule has 2 aliphatic carbocycles. The van der Waals surface area contributed by atoms with E-state index in [2.05, 4.69) is 4.98 Å². The monoisotopic (exact) mass is 234 g/mol. The van der Waals surface area contributed by atoms with E-state index < -0.39 is 0 Å². The highest BCUT2D eigenvalue weighted by atomic mass is 16.2. The molecular formula is C13H18N2O2. The first-order chi connectivity index (χ1) is 8.24. The van der Waals surface area contributed by atoms with Gasteiger partial charge in [-0.05, 0) is 19.3 Å². The van der Waals surface area contributed by atoms with Gasteiger partial charge in [0.2, 0.25) is 0 Å². The molecule has 0 aliphatic heterocycles. The van der Waals surface area contributed by atoms with Crippen LogP contribution in [0.4, 0.5) is 0 Å². The first kappa shape index (κ1) is 10.8. The van der Waals surface area contributed by atoms with E-state index in [1.165, 1.54) is 11.0 Å². The van der Waals surface area contributed by atoms with Gasteiger partial charge in [-0.15, -0.1) is 0 Å². The molecule has 0 amide bonds. The summed E-state index contributed by atoms with van der Waals surface area (Å²) in [4.78, 5) is 27.1. The van der Waals surface area contributed by atoms with Crippen LogP contribution < -0.4 is 11.2 Å². The summed E-state index contributed by atoms with van der Waals surface area (Å²) in [7, 11) is 0. The molecular weight excluding hydrogens is 216 g/mol. The fraction of sp³-hybridized carbons (Fsp3) is 0.692. The van der Waals surface area contributed by atoms with Gasteiger partial charge in [0, 0.05) is 23.2 Å². The van der Waals surface area contributed by atoms with Crippen LogP contribution in [0.5, 0.6) is 0 Å². The van der Waals surface area contributed by atoms with Gasteiger partial charge in [0.25, 0.3) is 5.56 Å². The predicted octanol–water partition coefficient (Wildman–Crippen LogP) is 1.90. The van der Waals surface area contributed by atoms with Crippen molar-refractivity contribution in [1.29, 1.82) is 0 Å². The molecule has 1 aromatic rings. The molecule has 1 unspecified atom stereocenters. The molecule has 0 aromatic carbocycles. The van der Waals surface area contributed by atoms with Crippen molar-refractivity contribution in [2.24, 2.45) is 0 Å². The topological polar surface area (TPSA) is 54.9 Å². The molecule has 1 aromatic heterocycles. The van der Waals surface area contributed by atoms with E-state index in [0.717, 1.165) is 43.4 Å². The highest BCUT2D eigenvalue weighted by molar-refractivity contribution is 5.45. The second-order valence-corrected chi connectivity index (χ2v) is 5.19. The lowest BCUT2D eigenvalue weighted by Gasteiger charge is -2.22. The van der Waals surface area contributed by atoms with Gasteiger partial charge in [0.1, 0.15) is 0 Å². The third-order valence-corrected chi connectivity index (χ3v) is 4.16. The molecule has 1 atom stereocenters. The van der Waals surface area contributed by atoms with E-state index in [1.807, 2.05) is 6.92 Å². The van der Waals surface area contributed by atoms with E-state index in [1.54, 1.807) is 0 Å². The van der Waals surface area contributed by atoms with Crippen LogP contribution in [0.3, 0.4) is 0 Å². The Morgan fingerprint density at radius 2 is 1.94 bits per heavy atom. The minimum atomic E-state index is -0.198. The van der Waals surface area contributed by atoms with Gasteiger partial charge in [0.15, 0.2) is 0 Å². The number of hydrogen-bond donors (Lipinski definition) is 1. The number of nitrogens with zero attached hydrogens (tertiary/aromatic N) is 1. The molecule has 1 fully saturated rings. The maximum Gasteiger partial charge on any atom is 0.328 e. The summed E-state index contributed by atoms with van der Waals surface area (Å²) >= 11 is 0. The zero-order chi connectivity index (χ0) is 12.0. The molecule has 2 aliphatic rings. The number of H-pyrrole nitrogens is 1. The third kappa shape index (κ3) is 1.58. The number of rotatable bonds is 2. The highest BCUT2D eigenvalue weighted by Gasteiger charge is 2.38. The van der Waals surface area contributed by atoms with E-state index in [0.29, 0.717) is 0 Å². The van der Waals surface area contributed by atoms with Crippen molar-refractivity contribution in [2.75, 3.05) is 0 Å². The maximum absolute atomic E-state index is 12.3. The van der Waals surface area contributed by atoms with Crippen molar-refractivity contribution in [3.8, 4) is 0 Å². The van der Waals surface area contributed by atoms with Crippen molar-refractivity contribution in [2.45, 2.75) is 57.4 Å². The molecule has 0 bridgehead atoms. The number of nitrogens with one attached hydrogen (secondary N) is 1. The number of aromatic amines is 1. The first-order valence-electron chi connectivity index (χ1n) is 6.62. The van der Waals surface area contributed by atoms with Gasteiger partial charge in [-0.3, -0.25) is 9.36 Å². The SMILES string of the molecule is CCC1c2[nH]c(=O)n(C3CCCCC3)c(=O)c21. The number of hydrogen-bond acceptors (Lipinski definition) is 2. The standard InChI is InChI=1S/C13H18N2O2/c1-2-9-10-11(9)14-13(17)15(12(10)16)8-6-4-3-5-7-8/h8-9H,2-7H2,1H3,(H,14,17). The second kappa shape index (κ2) is 3.86. The van der Waals surface area contributed by atoms with Gasteiger partial charge < -0.3 is 4.98 Å². The Morgan fingerprint density at radius 3 is 2.59 bits per heavy atom. The Morgan fingerprint density at radius 1 is 1.24 bits per heavy atom. The average Bonchev–Trinajstić information content (AvgIpc) is 3.03. The Hall–Kier alpha value is -1.32. The van der Waals surface area contributed by atoms with Crippen LogP contribution in [-0.2, 0) is 0 Å². The first-order valence-corrected chi connectivity index (χ1v) is 6.62. The van der Waals surface area contributed by atoms with Crippen molar-refractivity contribution < 1.29 is 0 Å². The summed E-state index contributed by atoms with van der Waals surface area (Å²) < 4.78 is 1.48. The van der Waals surface area contributed by atoms with Gasteiger partial charge in [-0.1, -0.05) is 26.2 Å². The van der Waals surface area contributed by atoms with E-state index in [-0.39, 0.29) is 23.2 Å². The van der Waals surface area contributed by atoms with Crippen molar-refractivity contribution in [3.05, 3.63) is 32.1 Å². The minimum Gasteiger partial charge on any atom is -0.310 e. The van der Waals surface area contributed by atoms with Crippen LogP contribution in [0, 0.1) is 0 Å². The zero-order valence-electron chi connectivity index (χ0n) is 10.2. The molecule has 4 nitrogen and oxygen atoms in total. The molecule has 4 heteroatoms. The molecule has 3 rings (SSSR count). The molecule has 0 saturated heterocycles. The smallest absolute Gasteiger partial charge is 0.310 e. The molecule has 1 N–H and O–H groups in total. The Kier molecular flexibility index (Phi) is 2.45. The molecule has 1 heterocycles. The predicted molar refractivity (Wildman–Crippen MR) is 65.6 cm³/mol. The van der Waals surface area contributed by atoms with E-state index >= 15 is 0 Å². The molecule has 92 valence electrons. The van der Waals surface area contributed by atoms with E-state index in [4.69, 9.17) is 0 Å². The van der Waals surface area contributed by atoms with E-state index in [9.17, 15) is 9.59 Å². The van der Waals surface area contributed by atoms with Crippen LogP contribution in [0.2, 0.25) is 0 Å². The van der Waals surface area contributed by atoms with Gasteiger partial charge in [-0.25, -0.2) is 4.79 Å². The van der Waals surface area contributed by atoms with Crippen LogP contribution >= 0.6 is 0 Å². The average molecular weight is 234 g/mol. The van der Waals surface area contributed by atoms with Gasteiger partial charge in [0.05, 0.1) is 0 Å². The van der Waals surface area contributed by atoms with Gasteiger partial charge >= 0.3 is 5.69 Å². The molecule has 0 spiro atoms. The maximum atomic E-state index is 12.3. The van der Waals surface area contributed by atoms with Gasteiger partial charge in [-0.2, -0.15) is 0 Å². The fourth-order valence-corrected chi connectivity index (χ4v) is 3.16. The summed E-state index contributed by atoms with van der Waals surface area (Å²) in [6, 6.07) is 0.128. The number of aromatic nitrogens is 2. The van der Waals surface area contributed by atoms with Crippen molar-refractivity contribution in [3.63, 3.8) is 0 Å². The number of fused-ring (bicyclic) bond motifs is 1. The summed E-state index contributed by atoms with van der Waals surface area (Å²) in [5.41, 5.74) is 1.52. The summed E-state index contributed by atoms with van der Waals surface area (Å²) in [6.45, 7) is 2.05. The summed E-state index contributed by atoms with van der Waals surface area (Å²) in [5.74, 6) is 0.222. The Balaban J connectivity index is 2.04. The molecule has 17 heavy (non-hydrogen) atoms. The van der Waals surface area contributed by atoms with Crippen LogP contribution in [-0.4, -0.2) is 9.55 Å². The minimum absolute atomic E-state index is 0.0255. The largest absolute Gasteiger partial charge is 0.328 e. The second-order valence-electron chi connectivity index (χ2n) is 5.19. The zero-order valence-corrected chi connectivity index (χ0v) is 10.2. The van der Waals surface area contributed by atoms with Crippen LogP contribution in [0.25, 0.3) is 0 Å². The molecule has 0 radical (unpaired) electrons. The highest BCUT2D eigenvalue weighted by Crippen LogP contribution is 2.40. The normalized spacial score (nSPS) is 23.5. The molecule has 1 saturated carbocycles. The quantitative estimate of drug-likeness (QED) is 0.849.